The molecule has 1 N–H and O–H groups in total. The number of fused-ring (bicyclic) bond motifs is 2. The van der Waals surface area contributed by atoms with Crippen LogP contribution in [-0.4, -0.2) is 29.4 Å². The molecule has 0 spiro atoms. The zero-order chi connectivity index (χ0) is 20.4. The lowest BCUT2D eigenvalue weighted by Crippen LogP contribution is -2.27. The number of ether oxygens (including phenoxy) is 2. The average molecular weight is 387 g/mol. The quantitative estimate of drug-likeness (QED) is 0.380. The number of ketones is 1. The van der Waals surface area contributed by atoms with E-state index >= 15 is 0 Å². The second-order valence-electron chi connectivity index (χ2n) is 6.96. The van der Waals surface area contributed by atoms with E-state index in [2.05, 4.69) is 4.98 Å². The Kier molecular flexibility index (Phi) is 5.04. The molecule has 0 bridgehead atoms. The van der Waals surface area contributed by atoms with Crippen molar-refractivity contribution in [2.75, 3.05) is 6.61 Å². The Morgan fingerprint density at radius 1 is 0.966 bits per heavy atom. The van der Waals surface area contributed by atoms with Crippen LogP contribution in [-0.2, 0) is 9.53 Å². The molecular weight excluding hydrogens is 366 g/mol. The maximum atomic E-state index is 12.9. The third-order valence-electron chi connectivity index (χ3n) is 4.90. The first-order chi connectivity index (χ1) is 14.0. The number of aryl methyl sites for hydroxylation is 1. The lowest BCUT2D eigenvalue weighted by Gasteiger charge is -2.13. The van der Waals surface area contributed by atoms with Crippen LogP contribution in [0.1, 0.15) is 23.0 Å². The highest BCUT2D eigenvalue weighted by Crippen LogP contribution is 2.24. The normalized spacial score (nSPS) is 12.1. The highest BCUT2D eigenvalue weighted by Gasteiger charge is 2.24. The fourth-order valence-corrected chi connectivity index (χ4v) is 3.48. The van der Waals surface area contributed by atoms with Crippen molar-refractivity contribution in [2.24, 2.45) is 0 Å². The Bertz CT molecular complexity index is 1210. The molecule has 0 saturated carbocycles. The number of rotatable bonds is 6. The Morgan fingerprint density at radius 3 is 2.52 bits per heavy atom. The van der Waals surface area contributed by atoms with Crippen LogP contribution in [0.15, 0.2) is 66.7 Å². The number of Topliss-reactive ketones (excluding diaryl/α,β-unsaturated/α-hetero) is 1. The first kappa shape index (κ1) is 18.7. The van der Waals surface area contributed by atoms with Crippen LogP contribution in [0.25, 0.3) is 21.7 Å². The highest BCUT2D eigenvalue weighted by atomic mass is 16.6. The summed E-state index contributed by atoms with van der Waals surface area (Å²) < 4.78 is 10.9. The zero-order valence-electron chi connectivity index (χ0n) is 16.3. The predicted octanol–water partition coefficient (Wildman–Crippen LogP) is 4.82. The van der Waals surface area contributed by atoms with Crippen LogP contribution < -0.4 is 4.74 Å². The van der Waals surface area contributed by atoms with E-state index in [1.165, 1.54) is 0 Å². The van der Waals surface area contributed by atoms with Gasteiger partial charge in [-0.3, -0.25) is 4.79 Å². The molecule has 0 unspecified atom stereocenters. The molecule has 4 rings (SSSR count). The molecule has 3 aromatic carbocycles. The molecule has 1 heterocycles. The molecule has 0 saturated heterocycles. The van der Waals surface area contributed by atoms with Crippen LogP contribution in [0.3, 0.4) is 0 Å². The summed E-state index contributed by atoms with van der Waals surface area (Å²) in [6.45, 7) is 3.16. The highest BCUT2D eigenvalue weighted by molar-refractivity contribution is 6.11. The molecule has 0 amide bonds. The summed E-state index contributed by atoms with van der Waals surface area (Å²) >= 11 is 0. The third-order valence-corrected chi connectivity index (χ3v) is 4.90. The van der Waals surface area contributed by atoms with E-state index < -0.39 is 12.1 Å². The number of aromatic nitrogens is 1. The number of hydrogen-bond acceptors (Lipinski definition) is 4. The molecule has 0 aliphatic rings. The van der Waals surface area contributed by atoms with Crippen molar-refractivity contribution >= 4 is 33.4 Å². The number of hydrogen-bond donors (Lipinski definition) is 1. The van der Waals surface area contributed by atoms with E-state index in [-0.39, 0.29) is 12.4 Å². The number of aromatic amines is 1. The maximum absolute atomic E-state index is 12.9. The van der Waals surface area contributed by atoms with Gasteiger partial charge in [-0.2, -0.15) is 0 Å². The fraction of sp³-hybridized carbons (Fsp3) is 0.167. The van der Waals surface area contributed by atoms with Crippen LogP contribution in [0.5, 0.6) is 5.75 Å². The molecule has 1 atom stereocenters. The minimum atomic E-state index is -0.902. The summed E-state index contributed by atoms with van der Waals surface area (Å²) in [6.07, 6.45) is -0.902. The number of carbonyl (C=O) groups excluding carboxylic acids is 2. The van der Waals surface area contributed by atoms with Gasteiger partial charge in [-0.1, -0.05) is 48.5 Å². The van der Waals surface area contributed by atoms with Gasteiger partial charge >= 0.3 is 5.97 Å². The van der Waals surface area contributed by atoms with Crippen molar-refractivity contribution in [1.82, 2.24) is 4.98 Å². The van der Waals surface area contributed by atoms with E-state index in [1.54, 1.807) is 13.0 Å². The topological polar surface area (TPSA) is 68.4 Å². The summed E-state index contributed by atoms with van der Waals surface area (Å²) in [6, 6.07) is 21.1. The monoisotopic (exact) mass is 387 g/mol. The van der Waals surface area contributed by atoms with Crippen molar-refractivity contribution in [2.45, 2.75) is 20.0 Å². The Hall–Kier alpha value is -3.60. The Labute approximate surface area is 168 Å². The average Bonchev–Trinajstić information content (AvgIpc) is 3.07. The summed E-state index contributed by atoms with van der Waals surface area (Å²) in [4.78, 5) is 28.3. The van der Waals surface area contributed by atoms with Gasteiger partial charge in [-0.05, 0) is 42.8 Å². The van der Waals surface area contributed by atoms with Crippen molar-refractivity contribution in [3.63, 3.8) is 0 Å². The molecule has 0 aliphatic carbocycles. The smallest absolute Gasteiger partial charge is 0.344 e. The SMILES string of the molecule is Cc1[nH]c2ccccc2c1C(=O)[C@@H](C)OC(=O)COc1ccc2ccccc2c1. The molecule has 1 aromatic heterocycles. The number of esters is 1. The summed E-state index contributed by atoms with van der Waals surface area (Å²) in [5.74, 6) is -0.248. The molecule has 0 radical (unpaired) electrons. The number of benzene rings is 3. The van der Waals surface area contributed by atoms with E-state index in [0.717, 1.165) is 27.4 Å². The molecule has 0 fully saturated rings. The van der Waals surface area contributed by atoms with Gasteiger partial charge in [0.1, 0.15) is 5.75 Å². The maximum Gasteiger partial charge on any atom is 0.344 e. The first-order valence-electron chi connectivity index (χ1n) is 9.45. The van der Waals surface area contributed by atoms with Crippen LogP contribution in [0.2, 0.25) is 0 Å². The molecule has 146 valence electrons. The van der Waals surface area contributed by atoms with Gasteiger partial charge in [-0.15, -0.1) is 0 Å². The molecule has 29 heavy (non-hydrogen) atoms. The minimum Gasteiger partial charge on any atom is -0.482 e. The van der Waals surface area contributed by atoms with Crippen molar-refractivity contribution < 1.29 is 19.1 Å². The lowest BCUT2D eigenvalue weighted by atomic mass is 10.0. The zero-order valence-corrected chi connectivity index (χ0v) is 16.3. The van der Waals surface area contributed by atoms with E-state index in [4.69, 9.17) is 9.47 Å². The van der Waals surface area contributed by atoms with Gasteiger partial charge in [0.15, 0.2) is 12.7 Å². The van der Waals surface area contributed by atoms with Gasteiger partial charge in [0.25, 0.3) is 0 Å². The number of nitrogens with one attached hydrogen (secondary N) is 1. The number of carbonyl (C=O) groups is 2. The molecule has 5 heteroatoms. The van der Waals surface area contributed by atoms with E-state index in [0.29, 0.717) is 11.3 Å². The second kappa shape index (κ2) is 7.80. The molecule has 5 nitrogen and oxygen atoms in total. The largest absolute Gasteiger partial charge is 0.482 e. The van der Waals surface area contributed by atoms with Crippen LogP contribution in [0.4, 0.5) is 0 Å². The molecule has 0 aliphatic heterocycles. The summed E-state index contributed by atoms with van der Waals surface area (Å²) in [7, 11) is 0. The van der Waals surface area contributed by atoms with Crippen molar-refractivity contribution in [3.8, 4) is 5.75 Å². The summed E-state index contributed by atoms with van der Waals surface area (Å²) in [5, 5.41) is 2.94. The Morgan fingerprint density at radius 2 is 1.69 bits per heavy atom. The fourth-order valence-electron chi connectivity index (χ4n) is 3.48. The van der Waals surface area contributed by atoms with Gasteiger partial charge < -0.3 is 14.5 Å². The van der Waals surface area contributed by atoms with E-state index in [9.17, 15) is 9.59 Å². The standard InChI is InChI=1S/C24H21NO4/c1-15-23(20-9-5-6-10-21(20)25-15)24(27)16(2)29-22(26)14-28-19-12-11-17-7-3-4-8-18(17)13-19/h3-13,16,25H,14H2,1-2H3/t16-/m1/s1. The third kappa shape index (κ3) is 3.85. The van der Waals surface area contributed by atoms with Crippen LogP contribution >= 0.6 is 0 Å². The predicted molar refractivity (Wildman–Crippen MR) is 112 cm³/mol. The van der Waals surface area contributed by atoms with E-state index in [1.807, 2.05) is 67.6 Å². The van der Waals surface area contributed by atoms with Crippen LogP contribution in [0, 0.1) is 6.92 Å². The molecular formula is C24H21NO4. The van der Waals surface area contributed by atoms with Gasteiger partial charge in [0.2, 0.25) is 5.78 Å². The second-order valence-corrected chi connectivity index (χ2v) is 6.96. The molecule has 4 aromatic rings. The van der Waals surface area contributed by atoms with Gasteiger partial charge in [0.05, 0.1) is 0 Å². The first-order valence-corrected chi connectivity index (χ1v) is 9.45. The van der Waals surface area contributed by atoms with Gasteiger partial charge in [0, 0.05) is 22.2 Å². The van der Waals surface area contributed by atoms with Crippen molar-refractivity contribution in [3.05, 3.63) is 78.0 Å². The minimum absolute atomic E-state index is 0.237. The lowest BCUT2D eigenvalue weighted by molar-refractivity contribution is -0.148. The summed E-state index contributed by atoms with van der Waals surface area (Å²) in [5.41, 5.74) is 2.19. The Balaban J connectivity index is 1.40. The number of H-pyrrole nitrogens is 1. The number of para-hydroxylation sites is 1. The van der Waals surface area contributed by atoms with Crippen molar-refractivity contribution in [1.29, 1.82) is 0 Å². The van der Waals surface area contributed by atoms with Gasteiger partial charge in [-0.25, -0.2) is 4.79 Å².